The maximum absolute atomic E-state index is 12.6. The van der Waals surface area contributed by atoms with Crippen molar-refractivity contribution in [3.63, 3.8) is 0 Å². The van der Waals surface area contributed by atoms with Crippen LogP contribution < -0.4 is 4.74 Å². The molecule has 5 aliphatic rings. The fourth-order valence-electron chi connectivity index (χ4n) is 6.67. The summed E-state index contributed by atoms with van der Waals surface area (Å²) in [4.78, 5) is 12.6. The molecule has 4 fully saturated rings. The highest BCUT2D eigenvalue weighted by atomic mass is 16.5. The molecule has 27 heavy (non-hydrogen) atoms. The number of hydrogen-bond donors (Lipinski definition) is 0. The Morgan fingerprint density at radius 2 is 1.59 bits per heavy atom. The molecule has 0 N–H and O–H groups in total. The van der Waals surface area contributed by atoms with Gasteiger partial charge in [-0.25, -0.2) is 4.79 Å². The van der Waals surface area contributed by atoms with Gasteiger partial charge in [-0.05, 0) is 74.0 Å². The van der Waals surface area contributed by atoms with Crippen LogP contribution in [0.15, 0.2) is 35.6 Å². The Bertz CT molecular complexity index is 741. The minimum absolute atomic E-state index is 0.0689. The Hall–Kier alpha value is -1.97. The van der Waals surface area contributed by atoms with Gasteiger partial charge in [0.05, 0.1) is 19.8 Å². The summed E-state index contributed by atoms with van der Waals surface area (Å²) in [6.45, 7) is 0. The van der Waals surface area contributed by atoms with E-state index in [0.29, 0.717) is 6.42 Å². The smallest absolute Gasteiger partial charge is 0.337 e. The molecule has 6 rings (SSSR count). The van der Waals surface area contributed by atoms with Gasteiger partial charge in [0.1, 0.15) is 17.6 Å². The van der Waals surface area contributed by atoms with Crippen molar-refractivity contribution in [2.45, 2.75) is 51.0 Å². The number of carbonyl (C=O) groups excluding carboxylic acids is 1. The highest BCUT2D eigenvalue weighted by Crippen LogP contribution is 2.65. The second-order valence-electron chi connectivity index (χ2n) is 9.08. The van der Waals surface area contributed by atoms with Crippen LogP contribution >= 0.6 is 0 Å². The molecular formula is C23H28O4. The molecule has 0 aromatic heterocycles. The topological polar surface area (TPSA) is 44.8 Å². The maximum Gasteiger partial charge on any atom is 0.337 e. The Balaban J connectivity index is 1.48. The maximum atomic E-state index is 12.6. The zero-order valence-corrected chi connectivity index (χ0v) is 16.2. The van der Waals surface area contributed by atoms with E-state index in [9.17, 15) is 4.79 Å². The molecule has 0 saturated heterocycles. The molecule has 4 bridgehead atoms. The molecule has 4 heteroatoms. The summed E-state index contributed by atoms with van der Waals surface area (Å²) in [6.07, 6.45) is 8.19. The molecule has 144 valence electrons. The summed E-state index contributed by atoms with van der Waals surface area (Å²) in [5.41, 5.74) is 1.94. The number of methoxy groups -OCH3 is 2. The van der Waals surface area contributed by atoms with E-state index < -0.39 is 0 Å². The van der Waals surface area contributed by atoms with E-state index in [4.69, 9.17) is 14.2 Å². The number of allylic oxidation sites excluding steroid dienone is 1. The van der Waals surface area contributed by atoms with E-state index in [0.717, 1.165) is 40.4 Å². The van der Waals surface area contributed by atoms with Crippen molar-refractivity contribution >= 4 is 5.97 Å². The minimum Gasteiger partial charge on any atom is -0.497 e. The summed E-state index contributed by atoms with van der Waals surface area (Å²) >= 11 is 0. The first-order chi connectivity index (χ1) is 13.1. The van der Waals surface area contributed by atoms with Crippen LogP contribution in [0, 0.1) is 23.2 Å². The molecule has 1 aromatic carbocycles. The molecule has 1 atom stereocenters. The van der Waals surface area contributed by atoms with E-state index in [1.54, 1.807) is 7.11 Å². The third-order valence-electron chi connectivity index (χ3n) is 7.36. The number of benzene rings is 1. The monoisotopic (exact) mass is 368 g/mol. The Morgan fingerprint density at radius 3 is 2.11 bits per heavy atom. The van der Waals surface area contributed by atoms with Gasteiger partial charge in [0.25, 0.3) is 0 Å². The molecule has 0 radical (unpaired) electrons. The normalized spacial score (nSPS) is 36.7. The number of rotatable bonds is 4. The summed E-state index contributed by atoms with van der Waals surface area (Å²) in [7, 11) is 3.15. The lowest BCUT2D eigenvalue weighted by molar-refractivity contribution is -0.136. The van der Waals surface area contributed by atoms with Crippen molar-refractivity contribution in [1.82, 2.24) is 0 Å². The van der Waals surface area contributed by atoms with Crippen molar-refractivity contribution in [3.8, 4) is 5.75 Å². The second-order valence-corrected chi connectivity index (χ2v) is 9.08. The lowest BCUT2D eigenvalue weighted by Crippen LogP contribution is -2.47. The van der Waals surface area contributed by atoms with Crippen LogP contribution in [0.1, 0.15) is 56.6 Å². The molecular weight excluding hydrogens is 340 g/mol. The van der Waals surface area contributed by atoms with E-state index in [-0.39, 0.29) is 17.5 Å². The predicted molar refractivity (Wildman–Crippen MR) is 101 cm³/mol. The van der Waals surface area contributed by atoms with E-state index in [1.807, 2.05) is 24.3 Å². The van der Waals surface area contributed by atoms with Crippen LogP contribution in [0.2, 0.25) is 0 Å². The zero-order chi connectivity index (χ0) is 18.6. The van der Waals surface area contributed by atoms with Gasteiger partial charge < -0.3 is 14.2 Å². The lowest BCUT2D eigenvalue weighted by Gasteiger charge is -2.56. The Kier molecular flexibility index (Phi) is 3.99. The quantitative estimate of drug-likeness (QED) is 0.716. The van der Waals surface area contributed by atoms with Crippen molar-refractivity contribution in [3.05, 3.63) is 41.2 Å². The summed E-state index contributed by atoms with van der Waals surface area (Å²) in [5, 5.41) is 0. The first kappa shape index (κ1) is 17.2. The van der Waals surface area contributed by atoms with Gasteiger partial charge in [-0.15, -0.1) is 0 Å². The standard InChI is InChI=1S/C23H28O4/c1-25-18-5-3-17(4-6-18)20-10-19(22(24)26-2)21(27-20)23-11-14-7-15(12-23)9-16(8-14)13-23/h3-6,14-16,20H,7-13H2,1-2H3. The molecule has 1 aromatic rings. The van der Waals surface area contributed by atoms with Crippen LogP contribution in [0.5, 0.6) is 5.75 Å². The summed E-state index contributed by atoms with van der Waals surface area (Å²) < 4.78 is 17.0. The van der Waals surface area contributed by atoms with Crippen LogP contribution in [-0.4, -0.2) is 20.2 Å². The van der Waals surface area contributed by atoms with Gasteiger partial charge in [-0.2, -0.15) is 0 Å². The van der Waals surface area contributed by atoms with E-state index in [2.05, 4.69) is 0 Å². The lowest BCUT2D eigenvalue weighted by atomic mass is 9.49. The SMILES string of the molecule is COC(=O)C1=C(C23CC4CC(CC(C4)C2)C3)OC(c2ccc(OC)cc2)C1. The van der Waals surface area contributed by atoms with Gasteiger partial charge in [-0.1, -0.05) is 12.1 Å². The highest BCUT2D eigenvalue weighted by Gasteiger charge is 2.56. The zero-order valence-electron chi connectivity index (χ0n) is 16.2. The fourth-order valence-corrected chi connectivity index (χ4v) is 6.67. The largest absolute Gasteiger partial charge is 0.497 e. The van der Waals surface area contributed by atoms with Crippen molar-refractivity contribution in [1.29, 1.82) is 0 Å². The van der Waals surface area contributed by atoms with Crippen molar-refractivity contribution in [2.75, 3.05) is 14.2 Å². The first-order valence-electron chi connectivity index (χ1n) is 10.2. The number of carbonyl (C=O) groups is 1. The molecule has 4 nitrogen and oxygen atoms in total. The molecule has 4 saturated carbocycles. The minimum atomic E-state index is -0.211. The van der Waals surface area contributed by atoms with Gasteiger partial charge in [0.2, 0.25) is 0 Å². The average Bonchev–Trinajstić information content (AvgIpc) is 3.13. The van der Waals surface area contributed by atoms with Gasteiger partial charge in [-0.3, -0.25) is 0 Å². The second kappa shape index (κ2) is 6.29. The van der Waals surface area contributed by atoms with Crippen LogP contribution in [0.3, 0.4) is 0 Å². The molecule has 1 aliphatic heterocycles. The molecule has 1 heterocycles. The Morgan fingerprint density at radius 1 is 1.00 bits per heavy atom. The fraction of sp³-hybridized carbons (Fsp3) is 0.609. The highest BCUT2D eigenvalue weighted by molar-refractivity contribution is 5.89. The molecule has 0 amide bonds. The van der Waals surface area contributed by atoms with Gasteiger partial charge in [0.15, 0.2) is 0 Å². The third kappa shape index (κ3) is 2.76. The van der Waals surface area contributed by atoms with Crippen molar-refractivity contribution in [2.24, 2.45) is 23.2 Å². The van der Waals surface area contributed by atoms with Gasteiger partial charge >= 0.3 is 5.97 Å². The first-order valence-corrected chi connectivity index (χ1v) is 10.2. The number of ether oxygens (including phenoxy) is 3. The predicted octanol–water partition coefficient (Wildman–Crippen LogP) is 4.80. The Labute approximate surface area is 160 Å². The van der Waals surface area contributed by atoms with Crippen LogP contribution in [0.25, 0.3) is 0 Å². The molecule has 1 unspecified atom stereocenters. The van der Waals surface area contributed by atoms with E-state index >= 15 is 0 Å². The van der Waals surface area contributed by atoms with Gasteiger partial charge in [0, 0.05) is 11.8 Å². The summed E-state index contributed by atoms with van der Waals surface area (Å²) in [6, 6.07) is 8.00. The molecule has 0 spiro atoms. The van der Waals surface area contributed by atoms with Crippen LogP contribution in [0.4, 0.5) is 0 Å². The summed E-state index contributed by atoms with van der Waals surface area (Å²) in [5.74, 6) is 4.02. The number of esters is 1. The molecule has 4 aliphatic carbocycles. The average molecular weight is 368 g/mol. The third-order valence-corrected chi connectivity index (χ3v) is 7.36. The van der Waals surface area contributed by atoms with Crippen LogP contribution in [-0.2, 0) is 14.3 Å². The van der Waals surface area contributed by atoms with Crippen molar-refractivity contribution < 1.29 is 19.0 Å². The van der Waals surface area contributed by atoms with E-state index in [1.165, 1.54) is 45.6 Å². The number of hydrogen-bond acceptors (Lipinski definition) is 4.